The summed E-state index contributed by atoms with van der Waals surface area (Å²) in [5.41, 5.74) is 0. The van der Waals surface area contributed by atoms with Crippen molar-refractivity contribution < 1.29 is 27.3 Å². The van der Waals surface area contributed by atoms with Gasteiger partial charge in [-0.05, 0) is 13.3 Å². The second-order valence-electron chi connectivity index (χ2n) is 2.73. The van der Waals surface area contributed by atoms with Gasteiger partial charge in [0.1, 0.15) is 0 Å². The fourth-order valence-electron chi connectivity index (χ4n) is 0.523. The normalized spacial score (nSPS) is 14.8. The highest BCUT2D eigenvalue weighted by molar-refractivity contribution is 7.83. The van der Waals surface area contributed by atoms with Gasteiger partial charge in [0.15, 0.2) is 0 Å². The Balaban J connectivity index is 0. The van der Waals surface area contributed by atoms with Crippen molar-refractivity contribution in [3.05, 3.63) is 0 Å². The van der Waals surface area contributed by atoms with Crippen LogP contribution in [0.1, 0.15) is 26.7 Å². The van der Waals surface area contributed by atoms with Gasteiger partial charge in [-0.15, -0.1) is 0 Å². The van der Waals surface area contributed by atoms with E-state index in [1.807, 2.05) is 6.92 Å². The van der Waals surface area contributed by atoms with Crippen LogP contribution in [0.25, 0.3) is 0 Å². The number of alkyl halides is 3. The molecule has 0 aromatic carbocycles. The first kappa shape index (κ1) is 16.8. The number of carbonyl (C=O) groups is 1. The monoisotopic (exact) mass is 249 g/mol. The minimum absolute atomic E-state index is 0.167. The Morgan fingerprint density at radius 1 is 1.53 bits per heavy atom. The van der Waals surface area contributed by atoms with Gasteiger partial charge in [0.25, 0.3) is 0 Å². The van der Waals surface area contributed by atoms with Crippen molar-refractivity contribution in [1.82, 2.24) is 0 Å². The third-order valence-corrected chi connectivity index (χ3v) is 2.36. The van der Waals surface area contributed by atoms with E-state index in [1.165, 1.54) is 0 Å². The Kier molecular flexibility index (Phi) is 8.54. The summed E-state index contributed by atoms with van der Waals surface area (Å²) in [6.45, 7) is 3.96. The lowest BCUT2D eigenvalue weighted by molar-refractivity contribution is -0.192. The number of hydrogen-bond acceptors (Lipinski definition) is 2. The van der Waals surface area contributed by atoms with Crippen LogP contribution in [0.4, 0.5) is 13.2 Å². The summed E-state index contributed by atoms with van der Waals surface area (Å²) in [6.07, 6.45) is -3.06. The number of carboxylic acids is 1. The predicted octanol–water partition coefficient (Wildman–Crippen LogP) is 1.43. The molecule has 4 nitrogen and oxygen atoms in total. The molecule has 0 rings (SSSR count). The van der Waals surface area contributed by atoms with E-state index >= 15 is 0 Å². The van der Waals surface area contributed by atoms with Gasteiger partial charge in [-0.25, -0.2) is 9.00 Å². The second kappa shape index (κ2) is 7.63. The molecule has 0 aliphatic carbocycles. The summed E-state index contributed by atoms with van der Waals surface area (Å²) in [5.74, 6) is -2.76. The van der Waals surface area contributed by atoms with E-state index in [2.05, 4.69) is 6.92 Å². The van der Waals surface area contributed by atoms with Crippen LogP contribution in [-0.2, 0) is 15.8 Å². The van der Waals surface area contributed by atoms with E-state index in [0.717, 1.165) is 12.8 Å². The van der Waals surface area contributed by atoms with Crippen molar-refractivity contribution in [3.8, 4) is 0 Å². The Labute approximate surface area is 88.2 Å². The van der Waals surface area contributed by atoms with Crippen molar-refractivity contribution in [3.63, 3.8) is 0 Å². The molecule has 8 heteroatoms. The van der Waals surface area contributed by atoms with Gasteiger partial charge in [0.2, 0.25) is 0 Å². The second-order valence-corrected chi connectivity index (χ2v) is 4.19. The summed E-state index contributed by atoms with van der Waals surface area (Å²) in [5, 5.41) is 12.4. The Morgan fingerprint density at radius 2 is 1.87 bits per heavy atom. The van der Waals surface area contributed by atoms with E-state index in [-0.39, 0.29) is 5.25 Å². The lowest BCUT2D eigenvalue weighted by Gasteiger charge is -2.02. The first-order valence-corrected chi connectivity index (χ1v) is 5.35. The highest BCUT2D eigenvalue weighted by Crippen LogP contribution is 2.13. The molecule has 0 aromatic rings. The Bertz CT molecular complexity index is 220. The Hall–Kier alpha value is -0.630. The molecule has 0 heterocycles. The number of rotatable bonds is 3. The lowest BCUT2D eigenvalue weighted by Crippen LogP contribution is -2.21. The molecule has 0 saturated carbocycles. The van der Waals surface area contributed by atoms with Crippen LogP contribution in [0.15, 0.2) is 0 Å². The maximum atomic E-state index is 10.6. The van der Waals surface area contributed by atoms with Crippen LogP contribution in [0.2, 0.25) is 0 Å². The predicted molar refractivity (Wildman–Crippen MR) is 50.4 cm³/mol. The fraction of sp³-hybridized carbons (Fsp3) is 0.857. The molecule has 0 bridgehead atoms. The number of halogens is 3. The van der Waals surface area contributed by atoms with Crippen LogP contribution >= 0.6 is 0 Å². The molecule has 0 aliphatic heterocycles. The fourth-order valence-corrected chi connectivity index (χ4v) is 0.991. The van der Waals surface area contributed by atoms with Gasteiger partial charge >= 0.3 is 12.1 Å². The molecule has 0 amide bonds. The highest BCUT2D eigenvalue weighted by Gasteiger charge is 2.38. The van der Waals surface area contributed by atoms with Crippen molar-refractivity contribution in [2.45, 2.75) is 38.1 Å². The molecule has 0 aromatic heterocycles. The van der Waals surface area contributed by atoms with Crippen LogP contribution in [0.3, 0.4) is 0 Å². The quantitative estimate of drug-likeness (QED) is 0.794. The zero-order valence-corrected chi connectivity index (χ0v) is 9.19. The zero-order valence-electron chi connectivity index (χ0n) is 8.37. The summed E-state index contributed by atoms with van der Waals surface area (Å²) in [4.78, 5) is 8.90. The molecule has 2 atom stereocenters. The maximum absolute atomic E-state index is 10.6. The summed E-state index contributed by atoms with van der Waals surface area (Å²) >= 11 is 0. The van der Waals surface area contributed by atoms with E-state index in [1.54, 1.807) is 0 Å². The number of aliphatic carboxylic acids is 1. The molecule has 15 heavy (non-hydrogen) atoms. The van der Waals surface area contributed by atoms with Crippen LogP contribution in [0.5, 0.6) is 0 Å². The average molecular weight is 249 g/mol. The molecule has 0 radical (unpaired) electrons. The molecule has 0 aliphatic rings. The van der Waals surface area contributed by atoms with Crippen molar-refractivity contribution >= 4 is 17.0 Å². The van der Waals surface area contributed by atoms with Crippen LogP contribution in [0, 0.1) is 0 Å². The van der Waals surface area contributed by atoms with E-state index in [9.17, 15) is 17.4 Å². The van der Waals surface area contributed by atoms with Gasteiger partial charge in [-0.2, -0.15) is 13.2 Å². The molecule has 92 valence electrons. The van der Waals surface area contributed by atoms with Crippen molar-refractivity contribution in [2.24, 2.45) is 5.14 Å². The minimum Gasteiger partial charge on any atom is -0.475 e. The average Bonchev–Trinajstić information content (AvgIpc) is 2.03. The SMILES string of the molecule is CCCC(C)S(N)=O.O=C(O)C(F)(F)F. The first-order valence-electron chi connectivity index (χ1n) is 4.08. The molecular formula is C7H14F3NO3S. The van der Waals surface area contributed by atoms with Crippen molar-refractivity contribution in [2.75, 3.05) is 0 Å². The van der Waals surface area contributed by atoms with Gasteiger partial charge in [0.05, 0.1) is 11.0 Å². The molecule has 3 N–H and O–H groups in total. The zero-order chi connectivity index (χ0) is 12.6. The summed E-state index contributed by atoms with van der Waals surface area (Å²) < 4.78 is 42.2. The summed E-state index contributed by atoms with van der Waals surface area (Å²) in [6, 6.07) is 0. The van der Waals surface area contributed by atoms with Crippen LogP contribution in [-0.4, -0.2) is 26.7 Å². The largest absolute Gasteiger partial charge is 0.490 e. The van der Waals surface area contributed by atoms with E-state index in [4.69, 9.17) is 15.0 Å². The first-order chi connectivity index (χ1) is 6.62. The highest BCUT2D eigenvalue weighted by atomic mass is 32.2. The third-order valence-electron chi connectivity index (χ3n) is 1.33. The van der Waals surface area contributed by atoms with Gasteiger partial charge in [0, 0.05) is 5.25 Å². The number of carboxylic acid groups (broad SMARTS) is 1. The topological polar surface area (TPSA) is 80.4 Å². The van der Waals surface area contributed by atoms with Crippen LogP contribution < -0.4 is 5.14 Å². The molecule has 0 saturated heterocycles. The van der Waals surface area contributed by atoms with E-state index < -0.39 is 23.1 Å². The Morgan fingerprint density at radius 3 is 1.93 bits per heavy atom. The number of hydrogen-bond donors (Lipinski definition) is 2. The van der Waals surface area contributed by atoms with Gasteiger partial charge in [-0.1, -0.05) is 13.3 Å². The maximum Gasteiger partial charge on any atom is 0.490 e. The number of nitrogens with two attached hydrogens (primary N) is 1. The molecule has 0 fully saturated rings. The molecular weight excluding hydrogens is 235 g/mol. The third kappa shape index (κ3) is 11.3. The smallest absolute Gasteiger partial charge is 0.475 e. The van der Waals surface area contributed by atoms with E-state index in [0.29, 0.717) is 0 Å². The molecule has 0 spiro atoms. The van der Waals surface area contributed by atoms with Gasteiger partial charge < -0.3 is 5.11 Å². The van der Waals surface area contributed by atoms with Gasteiger partial charge in [-0.3, -0.25) is 5.14 Å². The lowest BCUT2D eigenvalue weighted by atomic mass is 10.3. The van der Waals surface area contributed by atoms with Crippen molar-refractivity contribution in [1.29, 1.82) is 0 Å². The summed E-state index contributed by atoms with van der Waals surface area (Å²) in [7, 11) is -1.11. The minimum atomic E-state index is -5.08. The standard InChI is InChI=1S/C5H13NOS.C2HF3O2/c1-3-4-5(2)8(6)7;3-2(4,5)1(6)7/h5H,3-4,6H2,1-2H3;(H,6,7). The molecule has 2 unspecified atom stereocenters.